The average molecular weight is 393 g/mol. The van der Waals surface area contributed by atoms with Crippen molar-refractivity contribution in [3.8, 4) is 0 Å². The molecule has 1 aliphatic rings. The van der Waals surface area contributed by atoms with E-state index in [9.17, 15) is 13.6 Å². The molecule has 1 amide bonds. The van der Waals surface area contributed by atoms with Crippen LogP contribution in [0.25, 0.3) is 0 Å². The maximum atomic E-state index is 14.7. The molecule has 1 heterocycles. The van der Waals surface area contributed by atoms with Crippen LogP contribution in [0.3, 0.4) is 0 Å². The number of amides is 1. The first kappa shape index (κ1) is 18.9. The Kier molecular flexibility index (Phi) is 5.42. The van der Waals surface area contributed by atoms with Crippen molar-refractivity contribution in [3.63, 3.8) is 0 Å². The highest BCUT2D eigenvalue weighted by atomic mass is 19.1. The molecule has 0 radical (unpaired) electrons. The topological polar surface area (TPSA) is 35.6 Å². The Morgan fingerprint density at radius 3 is 2.10 bits per heavy atom. The van der Waals surface area contributed by atoms with Crippen LogP contribution in [0.5, 0.6) is 0 Å². The minimum absolute atomic E-state index is 0.313. The first-order valence-corrected chi connectivity index (χ1v) is 9.51. The molecule has 3 aromatic carbocycles. The Morgan fingerprint density at radius 1 is 0.793 bits per heavy atom. The Balaban J connectivity index is 1.40. The highest BCUT2D eigenvalue weighted by Gasteiger charge is 2.20. The largest absolute Gasteiger partial charge is 0.368 e. The zero-order chi connectivity index (χ0) is 20.2. The molecule has 29 heavy (non-hydrogen) atoms. The second-order valence-corrected chi connectivity index (χ2v) is 6.94. The first-order chi connectivity index (χ1) is 14.1. The lowest BCUT2D eigenvalue weighted by Crippen LogP contribution is -2.46. The van der Waals surface area contributed by atoms with E-state index in [0.29, 0.717) is 30.0 Å². The summed E-state index contributed by atoms with van der Waals surface area (Å²) in [7, 11) is 0. The van der Waals surface area contributed by atoms with Crippen molar-refractivity contribution in [1.29, 1.82) is 0 Å². The summed E-state index contributed by atoms with van der Waals surface area (Å²) in [5.41, 5.74) is 2.38. The van der Waals surface area contributed by atoms with Crippen molar-refractivity contribution >= 4 is 23.0 Å². The Bertz CT molecular complexity index is 985. The number of hydrogen-bond donors (Lipinski definition) is 1. The van der Waals surface area contributed by atoms with Crippen LogP contribution in [0.4, 0.5) is 25.8 Å². The number of nitrogens with zero attached hydrogens (tertiary/aromatic N) is 2. The van der Waals surface area contributed by atoms with Gasteiger partial charge < -0.3 is 15.1 Å². The maximum Gasteiger partial charge on any atom is 0.255 e. The van der Waals surface area contributed by atoms with E-state index in [0.717, 1.165) is 13.1 Å². The summed E-state index contributed by atoms with van der Waals surface area (Å²) in [4.78, 5) is 16.5. The SMILES string of the molecule is O=C(Nc1ccc(N2CCN(c3ccccc3)CC2)c(F)c1)c1ccc(F)cc1. The number of nitrogens with one attached hydrogen (secondary N) is 1. The quantitative estimate of drug-likeness (QED) is 0.707. The van der Waals surface area contributed by atoms with Gasteiger partial charge in [0.15, 0.2) is 0 Å². The summed E-state index contributed by atoms with van der Waals surface area (Å²) in [6, 6.07) is 20.1. The summed E-state index contributed by atoms with van der Waals surface area (Å²) < 4.78 is 27.7. The number of carbonyl (C=O) groups excluding carboxylic acids is 1. The summed E-state index contributed by atoms with van der Waals surface area (Å²) in [6.45, 7) is 3.05. The molecule has 0 unspecified atom stereocenters. The zero-order valence-electron chi connectivity index (χ0n) is 15.8. The van der Waals surface area contributed by atoms with E-state index in [1.807, 2.05) is 23.1 Å². The zero-order valence-corrected chi connectivity index (χ0v) is 15.8. The van der Waals surface area contributed by atoms with Crippen LogP contribution in [-0.2, 0) is 0 Å². The van der Waals surface area contributed by atoms with Crippen molar-refractivity contribution in [2.45, 2.75) is 0 Å². The highest BCUT2D eigenvalue weighted by Crippen LogP contribution is 2.25. The van der Waals surface area contributed by atoms with Gasteiger partial charge in [-0.05, 0) is 54.6 Å². The van der Waals surface area contributed by atoms with E-state index in [-0.39, 0.29) is 5.82 Å². The van der Waals surface area contributed by atoms with Gasteiger partial charge in [-0.3, -0.25) is 4.79 Å². The van der Waals surface area contributed by atoms with E-state index in [1.54, 1.807) is 12.1 Å². The fraction of sp³-hybridized carbons (Fsp3) is 0.174. The number of anilines is 3. The molecule has 1 aliphatic heterocycles. The van der Waals surface area contributed by atoms with Crippen LogP contribution in [0.15, 0.2) is 72.8 Å². The molecule has 1 saturated heterocycles. The van der Waals surface area contributed by atoms with Gasteiger partial charge in [-0.15, -0.1) is 0 Å². The summed E-state index contributed by atoms with van der Waals surface area (Å²) in [5, 5.41) is 2.65. The van der Waals surface area contributed by atoms with E-state index in [4.69, 9.17) is 0 Å². The Labute approximate surface area is 168 Å². The molecular formula is C23H21F2N3O. The monoisotopic (exact) mass is 393 g/mol. The number of piperazine rings is 1. The fourth-order valence-electron chi connectivity index (χ4n) is 3.49. The molecule has 0 aromatic heterocycles. The van der Waals surface area contributed by atoms with Gasteiger partial charge >= 0.3 is 0 Å². The average Bonchev–Trinajstić information content (AvgIpc) is 2.75. The summed E-state index contributed by atoms with van der Waals surface area (Å²) in [6.07, 6.45) is 0. The number of benzene rings is 3. The molecule has 0 spiro atoms. The smallest absolute Gasteiger partial charge is 0.255 e. The minimum atomic E-state index is -0.413. The van der Waals surface area contributed by atoms with Gasteiger partial charge in [0, 0.05) is 43.1 Å². The molecule has 4 rings (SSSR count). The van der Waals surface area contributed by atoms with Crippen molar-refractivity contribution < 1.29 is 13.6 Å². The summed E-state index contributed by atoms with van der Waals surface area (Å²) >= 11 is 0. The second-order valence-electron chi connectivity index (χ2n) is 6.94. The van der Waals surface area contributed by atoms with E-state index in [2.05, 4.69) is 22.3 Å². The van der Waals surface area contributed by atoms with Crippen LogP contribution in [0.2, 0.25) is 0 Å². The first-order valence-electron chi connectivity index (χ1n) is 9.51. The molecule has 0 saturated carbocycles. The molecule has 4 nitrogen and oxygen atoms in total. The molecule has 0 bridgehead atoms. The van der Waals surface area contributed by atoms with Crippen molar-refractivity contribution in [3.05, 3.63) is 90.0 Å². The number of para-hydroxylation sites is 1. The normalized spacial score (nSPS) is 14.0. The molecule has 6 heteroatoms. The van der Waals surface area contributed by atoms with Gasteiger partial charge in [0.25, 0.3) is 5.91 Å². The molecule has 3 aromatic rings. The van der Waals surface area contributed by atoms with Crippen molar-refractivity contribution in [1.82, 2.24) is 0 Å². The molecule has 0 aliphatic carbocycles. The Hall–Kier alpha value is -3.41. The predicted molar refractivity (Wildman–Crippen MR) is 112 cm³/mol. The molecule has 148 valence electrons. The number of hydrogen-bond acceptors (Lipinski definition) is 3. The van der Waals surface area contributed by atoms with E-state index >= 15 is 0 Å². The third-order valence-electron chi connectivity index (χ3n) is 5.05. The van der Waals surface area contributed by atoms with E-state index < -0.39 is 11.7 Å². The molecule has 1 N–H and O–H groups in total. The lowest BCUT2D eigenvalue weighted by molar-refractivity contribution is 0.102. The second kappa shape index (κ2) is 8.31. The van der Waals surface area contributed by atoms with Crippen LogP contribution >= 0.6 is 0 Å². The summed E-state index contributed by atoms with van der Waals surface area (Å²) in [5.74, 6) is -1.20. The lowest BCUT2D eigenvalue weighted by Gasteiger charge is -2.37. The number of rotatable bonds is 4. The maximum absolute atomic E-state index is 14.7. The van der Waals surface area contributed by atoms with Gasteiger partial charge in [-0.25, -0.2) is 8.78 Å². The number of halogens is 2. The molecule has 0 atom stereocenters. The standard InChI is InChI=1S/C23H21F2N3O/c24-18-8-6-17(7-9-18)23(29)26-19-10-11-22(21(25)16-19)28-14-12-27(13-15-28)20-4-2-1-3-5-20/h1-11,16H,12-15H2,(H,26,29). The van der Waals surface area contributed by atoms with Crippen LogP contribution in [0.1, 0.15) is 10.4 Å². The fourth-order valence-corrected chi connectivity index (χ4v) is 3.49. The van der Waals surface area contributed by atoms with Gasteiger partial charge in [0.1, 0.15) is 11.6 Å². The molecule has 1 fully saturated rings. The van der Waals surface area contributed by atoms with Gasteiger partial charge in [-0.1, -0.05) is 18.2 Å². The van der Waals surface area contributed by atoms with Crippen molar-refractivity contribution in [2.24, 2.45) is 0 Å². The number of carbonyl (C=O) groups is 1. The van der Waals surface area contributed by atoms with Gasteiger partial charge in [0.05, 0.1) is 5.69 Å². The van der Waals surface area contributed by atoms with Crippen molar-refractivity contribution in [2.75, 3.05) is 41.3 Å². The van der Waals surface area contributed by atoms with Crippen LogP contribution in [-0.4, -0.2) is 32.1 Å². The minimum Gasteiger partial charge on any atom is -0.368 e. The van der Waals surface area contributed by atoms with Gasteiger partial charge in [-0.2, -0.15) is 0 Å². The molecular weight excluding hydrogens is 372 g/mol. The highest BCUT2D eigenvalue weighted by molar-refractivity contribution is 6.04. The van der Waals surface area contributed by atoms with E-state index in [1.165, 1.54) is 36.0 Å². The lowest BCUT2D eigenvalue weighted by atomic mass is 10.2. The van der Waals surface area contributed by atoms with Crippen LogP contribution < -0.4 is 15.1 Å². The predicted octanol–water partition coefficient (Wildman–Crippen LogP) is 4.54. The third-order valence-corrected chi connectivity index (χ3v) is 5.05. The Morgan fingerprint density at radius 2 is 1.45 bits per heavy atom. The van der Waals surface area contributed by atoms with Crippen LogP contribution in [0, 0.1) is 11.6 Å². The van der Waals surface area contributed by atoms with Gasteiger partial charge in [0.2, 0.25) is 0 Å². The third kappa shape index (κ3) is 4.37.